The zero-order chi connectivity index (χ0) is 18.8. The van der Waals surface area contributed by atoms with Crippen LogP contribution >= 0.6 is 0 Å². The summed E-state index contributed by atoms with van der Waals surface area (Å²) in [7, 11) is -3.03. The summed E-state index contributed by atoms with van der Waals surface area (Å²) in [4.78, 5) is 12.4. The van der Waals surface area contributed by atoms with Crippen molar-refractivity contribution in [3.05, 3.63) is 23.8 Å². The maximum absolute atomic E-state index is 12.4. The Labute approximate surface area is 154 Å². The van der Waals surface area contributed by atoms with Crippen molar-refractivity contribution in [1.82, 2.24) is 5.32 Å². The zero-order valence-corrected chi connectivity index (χ0v) is 16.0. The van der Waals surface area contributed by atoms with E-state index in [0.29, 0.717) is 32.5 Å². The number of nitrogens with one attached hydrogen (secondary N) is 2. The van der Waals surface area contributed by atoms with Crippen LogP contribution < -0.4 is 15.4 Å². The van der Waals surface area contributed by atoms with Crippen LogP contribution in [0.3, 0.4) is 0 Å². The molecular weight excluding hydrogens is 356 g/mol. The van der Waals surface area contributed by atoms with E-state index in [1.807, 2.05) is 32.0 Å². The third-order valence-electron chi connectivity index (χ3n) is 4.94. The second kappa shape index (κ2) is 7.44. The van der Waals surface area contributed by atoms with Gasteiger partial charge in [-0.1, -0.05) is 0 Å². The quantitative estimate of drug-likeness (QED) is 0.833. The SMILES string of the molecule is CCOc1ccc(NC(=O)N[C@@H]2CCO[C@]3(CCS(=O)(=O)C3)C2)c(C)c1. The van der Waals surface area contributed by atoms with Crippen LogP contribution in [0.2, 0.25) is 0 Å². The van der Waals surface area contributed by atoms with Crippen LogP contribution in [-0.2, 0) is 14.6 Å². The van der Waals surface area contributed by atoms with Gasteiger partial charge >= 0.3 is 6.03 Å². The first-order chi connectivity index (χ1) is 12.3. The van der Waals surface area contributed by atoms with E-state index in [-0.39, 0.29) is 23.6 Å². The van der Waals surface area contributed by atoms with E-state index < -0.39 is 15.4 Å². The Morgan fingerprint density at radius 2 is 2.23 bits per heavy atom. The average Bonchev–Trinajstić information content (AvgIpc) is 2.84. The van der Waals surface area contributed by atoms with E-state index in [1.165, 1.54) is 0 Å². The lowest BCUT2D eigenvalue weighted by Crippen LogP contribution is -2.50. The van der Waals surface area contributed by atoms with Crippen molar-refractivity contribution in [3.8, 4) is 5.75 Å². The fourth-order valence-electron chi connectivity index (χ4n) is 3.69. The molecule has 144 valence electrons. The number of anilines is 1. The Bertz CT molecular complexity index is 780. The molecule has 0 aromatic heterocycles. The number of urea groups is 1. The van der Waals surface area contributed by atoms with Crippen LogP contribution in [0.25, 0.3) is 0 Å². The number of benzene rings is 1. The summed E-state index contributed by atoms with van der Waals surface area (Å²) < 4.78 is 34.8. The molecular formula is C18H26N2O5S. The Hall–Kier alpha value is -1.80. The van der Waals surface area contributed by atoms with Crippen LogP contribution in [0.15, 0.2) is 18.2 Å². The molecule has 2 aliphatic rings. The lowest BCUT2D eigenvalue weighted by Gasteiger charge is -2.37. The minimum Gasteiger partial charge on any atom is -0.494 e. The summed E-state index contributed by atoms with van der Waals surface area (Å²) in [5.41, 5.74) is 0.997. The van der Waals surface area contributed by atoms with Crippen molar-refractivity contribution in [2.75, 3.05) is 30.0 Å². The smallest absolute Gasteiger partial charge is 0.319 e. The summed E-state index contributed by atoms with van der Waals surface area (Å²) in [6, 6.07) is 5.13. The van der Waals surface area contributed by atoms with Crippen LogP contribution in [0.5, 0.6) is 5.75 Å². The van der Waals surface area contributed by atoms with E-state index in [2.05, 4.69) is 10.6 Å². The number of hydrogen-bond acceptors (Lipinski definition) is 5. The van der Waals surface area contributed by atoms with E-state index in [0.717, 1.165) is 17.0 Å². The van der Waals surface area contributed by atoms with Gasteiger partial charge in [-0.25, -0.2) is 13.2 Å². The van der Waals surface area contributed by atoms with Crippen LogP contribution in [0.1, 0.15) is 31.7 Å². The highest BCUT2D eigenvalue weighted by Crippen LogP contribution is 2.35. The molecule has 0 aliphatic carbocycles. The Morgan fingerprint density at radius 3 is 2.88 bits per heavy atom. The monoisotopic (exact) mass is 382 g/mol. The predicted molar refractivity (Wildman–Crippen MR) is 99.5 cm³/mol. The van der Waals surface area contributed by atoms with Gasteiger partial charge in [0.15, 0.2) is 9.84 Å². The molecule has 1 spiro atoms. The van der Waals surface area contributed by atoms with Crippen LogP contribution in [0, 0.1) is 6.92 Å². The first-order valence-corrected chi connectivity index (χ1v) is 10.8. The average molecular weight is 382 g/mol. The van der Waals surface area contributed by atoms with Gasteiger partial charge in [0, 0.05) is 18.3 Å². The minimum atomic E-state index is -3.03. The number of aryl methyl sites for hydroxylation is 1. The maximum Gasteiger partial charge on any atom is 0.319 e. The van der Waals surface area contributed by atoms with Crippen molar-refractivity contribution in [2.24, 2.45) is 0 Å². The highest BCUT2D eigenvalue weighted by atomic mass is 32.2. The molecule has 1 aromatic carbocycles. The van der Waals surface area contributed by atoms with Crippen LogP contribution in [0.4, 0.5) is 10.5 Å². The molecule has 1 aromatic rings. The summed E-state index contributed by atoms with van der Waals surface area (Å²) in [6.07, 6.45) is 1.71. The lowest BCUT2D eigenvalue weighted by molar-refractivity contribution is -0.0685. The molecule has 8 heteroatoms. The number of ether oxygens (including phenoxy) is 2. The molecule has 2 heterocycles. The molecule has 2 saturated heterocycles. The molecule has 2 aliphatic heterocycles. The number of sulfone groups is 1. The van der Waals surface area contributed by atoms with Gasteiger partial charge in [-0.2, -0.15) is 0 Å². The van der Waals surface area contributed by atoms with Gasteiger partial charge in [0.1, 0.15) is 5.75 Å². The molecule has 0 bridgehead atoms. The fraction of sp³-hybridized carbons (Fsp3) is 0.611. The number of carbonyl (C=O) groups excluding carboxylic acids is 1. The number of carbonyl (C=O) groups is 1. The van der Waals surface area contributed by atoms with Crippen LogP contribution in [-0.4, -0.2) is 50.8 Å². The first-order valence-electron chi connectivity index (χ1n) is 8.96. The molecule has 0 radical (unpaired) electrons. The van der Waals surface area contributed by atoms with Gasteiger partial charge in [0.05, 0.1) is 23.7 Å². The van der Waals surface area contributed by atoms with E-state index in [1.54, 1.807) is 0 Å². The third-order valence-corrected chi connectivity index (χ3v) is 6.73. The Morgan fingerprint density at radius 1 is 1.42 bits per heavy atom. The van der Waals surface area contributed by atoms with Crippen molar-refractivity contribution in [3.63, 3.8) is 0 Å². The number of rotatable bonds is 4. The number of amides is 2. The summed E-state index contributed by atoms with van der Waals surface area (Å²) in [6.45, 7) is 4.88. The Kier molecular flexibility index (Phi) is 5.43. The zero-order valence-electron chi connectivity index (χ0n) is 15.2. The van der Waals surface area contributed by atoms with Gasteiger partial charge in [-0.05, 0) is 56.9 Å². The van der Waals surface area contributed by atoms with Crippen molar-refractivity contribution in [2.45, 2.75) is 44.8 Å². The normalized spacial score (nSPS) is 27.2. The molecule has 3 rings (SSSR count). The number of hydrogen-bond donors (Lipinski definition) is 2. The highest BCUT2D eigenvalue weighted by molar-refractivity contribution is 7.91. The van der Waals surface area contributed by atoms with E-state index >= 15 is 0 Å². The molecule has 2 N–H and O–H groups in total. The standard InChI is InChI=1S/C18H26N2O5S/c1-3-24-15-4-5-16(13(2)10-15)20-17(21)19-14-6-8-25-18(11-14)7-9-26(22,23)12-18/h4-5,10,14H,3,6-9,11-12H2,1-2H3,(H2,19,20,21)/t14-,18-/m1/s1. The second-order valence-electron chi connectivity index (χ2n) is 7.07. The second-order valence-corrected chi connectivity index (χ2v) is 9.26. The summed E-state index contributed by atoms with van der Waals surface area (Å²) in [5.74, 6) is 0.986. The fourth-order valence-corrected chi connectivity index (χ4v) is 5.66. The van der Waals surface area contributed by atoms with Gasteiger partial charge in [-0.3, -0.25) is 0 Å². The summed E-state index contributed by atoms with van der Waals surface area (Å²) >= 11 is 0. The predicted octanol–water partition coefficient (Wildman–Crippen LogP) is 2.25. The molecule has 2 fully saturated rings. The molecule has 0 saturated carbocycles. The summed E-state index contributed by atoms with van der Waals surface area (Å²) in [5, 5.41) is 5.81. The van der Waals surface area contributed by atoms with E-state index in [4.69, 9.17) is 9.47 Å². The van der Waals surface area contributed by atoms with Gasteiger partial charge in [0.2, 0.25) is 0 Å². The minimum absolute atomic E-state index is 0.0534. The van der Waals surface area contributed by atoms with Crippen molar-refractivity contribution >= 4 is 21.6 Å². The maximum atomic E-state index is 12.4. The third kappa shape index (κ3) is 4.48. The van der Waals surface area contributed by atoms with E-state index in [9.17, 15) is 13.2 Å². The molecule has 2 amide bonds. The van der Waals surface area contributed by atoms with Gasteiger partial charge in [-0.15, -0.1) is 0 Å². The van der Waals surface area contributed by atoms with Gasteiger partial charge < -0.3 is 20.1 Å². The first kappa shape index (κ1) is 19.0. The molecule has 26 heavy (non-hydrogen) atoms. The van der Waals surface area contributed by atoms with Crippen molar-refractivity contribution in [1.29, 1.82) is 0 Å². The van der Waals surface area contributed by atoms with Gasteiger partial charge in [0.25, 0.3) is 0 Å². The highest BCUT2D eigenvalue weighted by Gasteiger charge is 2.46. The lowest BCUT2D eigenvalue weighted by atomic mass is 9.90. The molecule has 0 unspecified atom stereocenters. The van der Waals surface area contributed by atoms with Crippen molar-refractivity contribution < 1.29 is 22.7 Å². The Balaban J connectivity index is 1.58. The largest absolute Gasteiger partial charge is 0.494 e. The molecule has 7 nitrogen and oxygen atoms in total. The topological polar surface area (TPSA) is 93.7 Å². The molecule has 2 atom stereocenters.